The fraction of sp³-hybridized carbons (Fsp3) is 0.500. The summed E-state index contributed by atoms with van der Waals surface area (Å²) in [4.78, 5) is 0. The van der Waals surface area contributed by atoms with Gasteiger partial charge in [-0.25, -0.2) is 0 Å². The molecule has 0 bridgehead atoms. The third kappa shape index (κ3) is 7.38. The average molecular weight is 482 g/mol. The molecule has 0 amide bonds. The van der Waals surface area contributed by atoms with Crippen LogP contribution in [0.2, 0.25) is 0 Å². The molecule has 8 heteroatoms. The lowest BCUT2D eigenvalue weighted by molar-refractivity contribution is 0.193. The van der Waals surface area contributed by atoms with Gasteiger partial charge in [0.05, 0.1) is 26.4 Å². The minimum atomic E-state index is -3.69. The first kappa shape index (κ1) is 27.0. The topological polar surface area (TPSA) is 71.1 Å². The second-order valence-electron chi connectivity index (χ2n) is 7.19. The number of hydrogen-bond donors (Lipinski definition) is 0. The van der Waals surface area contributed by atoms with Gasteiger partial charge in [-0.2, -0.15) is 0 Å². The van der Waals surface area contributed by atoms with Gasteiger partial charge in [-0.15, -0.1) is 0 Å². The van der Waals surface area contributed by atoms with E-state index in [1.54, 1.807) is 27.7 Å². The minimum Gasteiger partial charge on any atom is -0.308 e. The van der Waals surface area contributed by atoms with E-state index in [9.17, 15) is 9.13 Å². The lowest BCUT2D eigenvalue weighted by Crippen LogP contribution is -2.18. The summed E-state index contributed by atoms with van der Waals surface area (Å²) in [5, 5.41) is -0.960. The van der Waals surface area contributed by atoms with E-state index in [2.05, 4.69) is 36.4 Å². The highest BCUT2D eigenvalue weighted by Crippen LogP contribution is 2.71. The minimum absolute atomic E-state index is 0.187. The molecule has 0 saturated heterocycles. The molecule has 0 aliphatic rings. The Morgan fingerprint density at radius 1 is 0.656 bits per heavy atom. The first-order valence-electron chi connectivity index (χ1n) is 11.3. The van der Waals surface area contributed by atoms with E-state index in [0.717, 1.165) is 17.5 Å². The normalized spacial score (nSPS) is 12.4. The molecule has 178 valence electrons. The van der Waals surface area contributed by atoms with Crippen LogP contribution in [0.15, 0.2) is 54.6 Å². The first-order chi connectivity index (χ1) is 15.4. The van der Waals surface area contributed by atoms with Crippen LogP contribution in [0.3, 0.4) is 0 Å². The number of benzene rings is 2. The molecule has 0 aliphatic carbocycles. The molecule has 0 spiro atoms. The van der Waals surface area contributed by atoms with Crippen molar-refractivity contribution in [2.24, 2.45) is 0 Å². The molecule has 0 aromatic heterocycles. The van der Waals surface area contributed by atoms with Crippen molar-refractivity contribution in [1.29, 1.82) is 0 Å². The highest BCUT2D eigenvalue weighted by Gasteiger charge is 2.50. The van der Waals surface area contributed by atoms with Crippen molar-refractivity contribution in [2.45, 2.75) is 52.4 Å². The Morgan fingerprint density at radius 3 is 1.53 bits per heavy atom. The van der Waals surface area contributed by atoms with Crippen LogP contribution < -0.4 is 0 Å². The van der Waals surface area contributed by atoms with Gasteiger partial charge in [0.15, 0.2) is 5.40 Å². The van der Waals surface area contributed by atoms with Crippen molar-refractivity contribution in [3.05, 3.63) is 60.2 Å². The molecule has 0 N–H and O–H groups in total. The van der Waals surface area contributed by atoms with E-state index in [1.807, 2.05) is 18.2 Å². The second kappa shape index (κ2) is 13.4. The standard InChI is InChI=1S/C24H36O6P2/c1-5-27-31(25,28-6-2)24(32(26,29-7-3)30-8-4)16-12-13-21-17-19-23(20-18-21)22-14-10-9-11-15-22/h9-11,14-15,17-20,24H,5-8,12-13,16H2,1-4H3. The molecular formula is C24H36O6P2. The summed E-state index contributed by atoms with van der Waals surface area (Å²) in [6.45, 7) is 7.71. The van der Waals surface area contributed by atoms with E-state index in [1.165, 1.54) is 5.56 Å². The molecule has 0 saturated carbocycles. The monoisotopic (exact) mass is 482 g/mol. The van der Waals surface area contributed by atoms with Crippen LogP contribution in [0.25, 0.3) is 11.1 Å². The maximum atomic E-state index is 13.6. The SMILES string of the molecule is CCOP(=O)(OCC)C(CCCc1ccc(-c2ccccc2)cc1)P(=O)(OCC)OCC. The molecule has 2 rings (SSSR count). The van der Waals surface area contributed by atoms with Crippen molar-refractivity contribution in [1.82, 2.24) is 0 Å². The van der Waals surface area contributed by atoms with E-state index < -0.39 is 20.6 Å². The van der Waals surface area contributed by atoms with Crippen LogP contribution in [-0.2, 0) is 33.6 Å². The van der Waals surface area contributed by atoms with Crippen LogP contribution in [0.4, 0.5) is 0 Å². The van der Waals surface area contributed by atoms with Crippen LogP contribution in [0.1, 0.15) is 46.1 Å². The molecule has 32 heavy (non-hydrogen) atoms. The number of hydrogen-bond acceptors (Lipinski definition) is 6. The van der Waals surface area contributed by atoms with Gasteiger partial charge in [0.2, 0.25) is 0 Å². The summed E-state index contributed by atoms with van der Waals surface area (Å²) >= 11 is 0. The molecule has 2 aromatic rings. The van der Waals surface area contributed by atoms with Gasteiger partial charge in [-0.05, 0) is 63.6 Å². The Kier molecular flexibility index (Phi) is 11.3. The zero-order valence-corrected chi connectivity index (χ0v) is 21.4. The predicted molar refractivity (Wildman–Crippen MR) is 130 cm³/mol. The summed E-state index contributed by atoms with van der Waals surface area (Å²) < 4.78 is 49.3. The van der Waals surface area contributed by atoms with Gasteiger partial charge in [0.1, 0.15) is 0 Å². The molecule has 0 unspecified atom stereocenters. The summed E-state index contributed by atoms with van der Waals surface area (Å²) in [5.74, 6) is 0. The average Bonchev–Trinajstić information content (AvgIpc) is 2.78. The molecule has 0 aliphatic heterocycles. The summed E-state index contributed by atoms with van der Waals surface area (Å²) in [7, 11) is -7.39. The summed E-state index contributed by atoms with van der Waals surface area (Å²) in [6.07, 6.45) is 1.72. The molecule has 6 nitrogen and oxygen atoms in total. The summed E-state index contributed by atoms with van der Waals surface area (Å²) in [6, 6.07) is 18.6. The van der Waals surface area contributed by atoms with E-state index in [0.29, 0.717) is 12.8 Å². The van der Waals surface area contributed by atoms with E-state index in [4.69, 9.17) is 18.1 Å². The maximum absolute atomic E-state index is 13.6. The summed E-state index contributed by atoms with van der Waals surface area (Å²) in [5.41, 5.74) is 3.47. The van der Waals surface area contributed by atoms with Gasteiger partial charge >= 0.3 is 15.2 Å². The van der Waals surface area contributed by atoms with Crippen molar-refractivity contribution in [3.63, 3.8) is 0 Å². The smallest absolute Gasteiger partial charge is 0.308 e. The molecule has 0 atom stereocenters. The highest BCUT2D eigenvalue weighted by atomic mass is 31.2. The maximum Gasteiger partial charge on any atom is 0.345 e. The van der Waals surface area contributed by atoms with Gasteiger partial charge in [0, 0.05) is 0 Å². The fourth-order valence-corrected chi connectivity index (χ4v) is 9.07. The van der Waals surface area contributed by atoms with Crippen molar-refractivity contribution >= 4 is 15.2 Å². The second-order valence-corrected chi connectivity index (χ2v) is 12.0. The van der Waals surface area contributed by atoms with E-state index in [-0.39, 0.29) is 26.4 Å². The van der Waals surface area contributed by atoms with Gasteiger partial charge in [-0.1, -0.05) is 54.6 Å². The van der Waals surface area contributed by atoms with Crippen LogP contribution in [0, 0.1) is 0 Å². The quantitative estimate of drug-likeness (QED) is 0.244. The Morgan fingerprint density at radius 2 is 1.09 bits per heavy atom. The Bertz CT molecular complexity index is 835. The molecule has 0 radical (unpaired) electrons. The van der Waals surface area contributed by atoms with Gasteiger partial charge < -0.3 is 18.1 Å². The van der Waals surface area contributed by atoms with Crippen molar-refractivity contribution in [2.75, 3.05) is 26.4 Å². The zero-order chi connectivity index (χ0) is 23.5. The molecule has 0 fully saturated rings. The third-order valence-corrected chi connectivity index (χ3v) is 11.1. The lowest BCUT2D eigenvalue weighted by atomic mass is 10.0. The van der Waals surface area contributed by atoms with Crippen LogP contribution >= 0.6 is 15.2 Å². The highest BCUT2D eigenvalue weighted by molar-refractivity contribution is 7.72. The molecule has 0 heterocycles. The van der Waals surface area contributed by atoms with E-state index >= 15 is 0 Å². The van der Waals surface area contributed by atoms with Gasteiger partial charge in [-0.3, -0.25) is 9.13 Å². The number of rotatable bonds is 15. The largest absolute Gasteiger partial charge is 0.345 e. The predicted octanol–water partition coefficient (Wildman–Crippen LogP) is 7.53. The van der Waals surface area contributed by atoms with Gasteiger partial charge in [0.25, 0.3) is 0 Å². The molecular weight excluding hydrogens is 446 g/mol. The zero-order valence-electron chi connectivity index (χ0n) is 19.6. The van der Waals surface area contributed by atoms with Crippen molar-refractivity contribution < 1.29 is 27.2 Å². The fourth-order valence-electron chi connectivity index (χ4n) is 3.61. The first-order valence-corrected chi connectivity index (χ1v) is 14.6. The van der Waals surface area contributed by atoms with Crippen LogP contribution in [-0.4, -0.2) is 31.8 Å². The lowest BCUT2D eigenvalue weighted by Gasteiger charge is -2.31. The van der Waals surface area contributed by atoms with Crippen LogP contribution in [0.5, 0.6) is 0 Å². The number of aryl methyl sites for hydroxylation is 1. The Hall–Kier alpha value is -1.26. The Balaban J connectivity index is 2.17. The van der Waals surface area contributed by atoms with Crippen molar-refractivity contribution in [3.8, 4) is 11.1 Å². The Labute approximate surface area is 192 Å². The molecule has 2 aromatic carbocycles. The third-order valence-electron chi connectivity index (χ3n) is 4.96.